The van der Waals surface area contributed by atoms with Gasteiger partial charge in [-0.25, -0.2) is 0 Å². The second kappa shape index (κ2) is 10.5. The summed E-state index contributed by atoms with van der Waals surface area (Å²) in [4.78, 5) is 0. The quantitative estimate of drug-likeness (QED) is 0.459. The van der Waals surface area contributed by atoms with Gasteiger partial charge in [0.1, 0.15) is 5.75 Å². The van der Waals surface area contributed by atoms with E-state index in [2.05, 4.69) is 43.9 Å². The number of allylic oxidation sites excluding steroid dienone is 1. The molecule has 1 aromatic rings. The van der Waals surface area contributed by atoms with E-state index in [4.69, 9.17) is 4.74 Å². The Bertz CT molecular complexity index is 375. The normalized spacial score (nSPS) is 12.1. The lowest BCUT2D eigenvalue weighted by atomic mass is 10.1. The first-order chi connectivity index (χ1) is 9.77. The third kappa shape index (κ3) is 6.76. The largest absolute Gasteiger partial charge is 0.494 e. The fourth-order valence-corrected chi connectivity index (χ4v) is 2.11. The molecule has 0 fully saturated rings. The maximum absolute atomic E-state index is 5.83. The number of ether oxygens (including phenoxy) is 1. The van der Waals surface area contributed by atoms with Gasteiger partial charge in [0.25, 0.3) is 0 Å². The molecular formula is C18H29NO. The van der Waals surface area contributed by atoms with Crippen molar-refractivity contribution in [3.05, 3.63) is 42.5 Å². The van der Waals surface area contributed by atoms with Crippen LogP contribution in [0.25, 0.3) is 0 Å². The van der Waals surface area contributed by atoms with Crippen LogP contribution >= 0.6 is 0 Å². The Morgan fingerprint density at radius 1 is 1.30 bits per heavy atom. The van der Waals surface area contributed by atoms with E-state index in [-0.39, 0.29) is 0 Å². The Hall–Kier alpha value is -1.28. The van der Waals surface area contributed by atoms with Gasteiger partial charge < -0.3 is 10.1 Å². The van der Waals surface area contributed by atoms with E-state index in [0.29, 0.717) is 6.04 Å². The zero-order valence-corrected chi connectivity index (χ0v) is 13.0. The summed E-state index contributed by atoms with van der Waals surface area (Å²) < 4.78 is 5.83. The van der Waals surface area contributed by atoms with Crippen molar-refractivity contribution in [1.82, 2.24) is 5.32 Å². The lowest BCUT2D eigenvalue weighted by Gasteiger charge is -2.15. The molecule has 0 aliphatic rings. The van der Waals surface area contributed by atoms with Crippen LogP contribution in [-0.2, 0) is 0 Å². The first-order valence-electron chi connectivity index (χ1n) is 7.85. The van der Waals surface area contributed by atoms with Gasteiger partial charge in [-0.1, -0.05) is 25.1 Å². The molecule has 1 atom stereocenters. The molecule has 0 heterocycles. The number of rotatable bonds is 11. The van der Waals surface area contributed by atoms with Crippen molar-refractivity contribution in [2.75, 3.05) is 13.2 Å². The van der Waals surface area contributed by atoms with Gasteiger partial charge in [-0.05, 0) is 63.3 Å². The average Bonchev–Trinajstić information content (AvgIpc) is 2.48. The maximum Gasteiger partial charge on any atom is 0.119 e. The van der Waals surface area contributed by atoms with Gasteiger partial charge in [0.2, 0.25) is 0 Å². The number of hydrogen-bond donors (Lipinski definition) is 1. The van der Waals surface area contributed by atoms with Crippen LogP contribution in [0.15, 0.2) is 36.9 Å². The first kappa shape index (κ1) is 16.8. The first-order valence-corrected chi connectivity index (χ1v) is 7.85. The van der Waals surface area contributed by atoms with Crippen molar-refractivity contribution >= 4 is 0 Å². The van der Waals surface area contributed by atoms with Crippen LogP contribution in [0.3, 0.4) is 0 Å². The van der Waals surface area contributed by atoms with Gasteiger partial charge in [-0.15, -0.1) is 6.58 Å². The Morgan fingerprint density at radius 3 is 2.90 bits per heavy atom. The lowest BCUT2D eigenvalue weighted by Crippen LogP contribution is -2.19. The van der Waals surface area contributed by atoms with Gasteiger partial charge in [0.05, 0.1) is 6.61 Å². The predicted octanol–water partition coefficient (Wildman–Crippen LogP) is 4.87. The van der Waals surface area contributed by atoms with Gasteiger partial charge in [-0.2, -0.15) is 0 Å². The monoisotopic (exact) mass is 275 g/mol. The van der Waals surface area contributed by atoms with Crippen LogP contribution in [0.5, 0.6) is 5.75 Å². The molecule has 1 aromatic carbocycles. The van der Waals surface area contributed by atoms with Crippen molar-refractivity contribution in [3.63, 3.8) is 0 Å². The van der Waals surface area contributed by atoms with E-state index in [1.165, 1.54) is 18.4 Å². The highest BCUT2D eigenvalue weighted by Gasteiger charge is 2.05. The molecule has 0 aromatic heterocycles. The molecule has 0 amide bonds. The van der Waals surface area contributed by atoms with Crippen LogP contribution in [0.2, 0.25) is 0 Å². The Kier molecular flexibility index (Phi) is 8.81. The van der Waals surface area contributed by atoms with Crippen molar-refractivity contribution in [2.45, 2.75) is 52.0 Å². The highest BCUT2D eigenvalue weighted by Crippen LogP contribution is 2.19. The minimum absolute atomic E-state index is 0.381. The van der Waals surface area contributed by atoms with Gasteiger partial charge >= 0.3 is 0 Å². The highest BCUT2D eigenvalue weighted by molar-refractivity contribution is 5.30. The number of benzene rings is 1. The van der Waals surface area contributed by atoms with Crippen LogP contribution in [0, 0.1) is 0 Å². The van der Waals surface area contributed by atoms with E-state index in [0.717, 1.165) is 38.2 Å². The lowest BCUT2D eigenvalue weighted by molar-refractivity contribution is 0.305. The third-order valence-corrected chi connectivity index (χ3v) is 3.38. The smallest absolute Gasteiger partial charge is 0.119 e. The van der Waals surface area contributed by atoms with Crippen molar-refractivity contribution in [1.29, 1.82) is 0 Å². The summed E-state index contributed by atoms with van der Waals surface area (Å²) >= 11 is 0. The number of unbranched alkanes of at least 4 members (excludes halogenated alkanes) is 3. The topological polar surface area (TPSA) is 21.3 Å². The minimum Gasteiger partial charge on any atom is -0.494 e. The summed E-state index contributed by atoms with van der Waals surface area (Å²) in [5, 5.41) is 3.50. The van der Waals surface area contributed by atoms with E-state index >= 15 is 0 Å². The molecule has 2 nitrogen and oxygen atoms in total. The fourth-order valence-electron chi connectivity index (χ4n) is 2.11. The molecular weight excluding hydrogens is 246 g/mol. The summed E-state index contributed by atoms with van der Waals surface area (Å²) in [5.74, 6) is 0.983. The van der Waals surface area contributed by atoms with Gasteiger partial charge in [-0.3, -0.25) is 0 Å². The number of hydrogen-bond acceptors (Lipinski definition) is 2. The zero-order chi connectivity index (χ0) is 14.6. The summed E-state index contributed by atoms with van der Waals surface area (Å²) in [6.07, 6.45) is 7.78. The number of nitrogens with one attached hydrogen (secondary N) is 1. The highest BCUT2D eigenvalue weighted by atomic mass is 16.5. The van der Waals surface area contributed by atoms with E-state index in [1.54, 1.807) is 0 Å². The molecule has 0 spiro atoms. The molecule has 0 aliphatic heterocycles. The molecule has 112 valence electrons. The fraction of sp³-hybridized carbons (Fsp3) is 0.556. The van der Waals surface area contributed by atoms with Crippen LogP contribution in [0.1, 0.15) is 57.6 Å². The third-order valence-electron chi connectivity index (χ3n) is 3.38. The van der Waals surface area contributed by atoms with Crippen molar-refractivity contribution in [3.8, 4) is 5.75 Å². The van der Waals surface area contributed by atoms with E-state index in [1.807, 2.05) is 12.1 Å². The summed E-state index contributed by atoms with van der Waals surface area (Å²) in [5.41, 5.74) is 1.29. The molecule has 0 saturated carbocycles. The molecule has 2 heteroatoms. The standard InChI is InChI=1S/C18H29NO/c1-4-6-7-8-9-14-20-18-12-10-11-17(15-18)16(3)19-13-5-2/h4,10-12,15-16,19H,1,5-9,13-14H2,2-3H3. The summed E-state index contributed by atoms with van der Waals surface area (Å²) in [6, 6.07) is 8.80. The minimum atomic E-state index is 0.381. The molecule has 1 N–H and O–H groups in total. The van der Waals surface area contributed by atoms with Crippen molar-refractivity contribution < 1.29 is 4.74 Å². The second-order valence-electron chi connectivity index (χ2n) is 5.23. The van der Waals surface area contributed by atoms with E-state index in [9.17, 15) is 0 Å². The molecule has 1 rings (SSSR count). The molecule has 0 saturated heterocycles. The Balaban J connectivity index is 2.33. The van der Waals surface area contributed by atoms with Crippen LogP contribution in [-0.4, -0.2) is 13.2 Å². The maximum atomic E-state index is 5.83. The van der Waals surface area contributed by atoms with Crippen molar-refractivity contribution in [2.24, 2.45) is 0 Å². The molecule has 0 bridgehead atoms. The summed E-state index contributed by atoms with van der Waals surface area (Å²) in [6.45, 7) is 9.97. The second-order valence-corrected chi connectivity index (χ2v) is 5.23. The average molecular weight is 275 g/mol. The SMILES string of the molecule is C=CCCCCCOc1cccc(C(C)NCCC)c1. The van der Waals surface area contributed by atoms with Gasteiger partial charge in [0, 0.05) is 6.04 Å². The Morgan fingerprint density at radius 2 is 2.15 bits per heavy atom. The zero-order valence-electron chi connectivity index (χ0n) is 13.0. The van der Waals surface area contributed by atoms with Gasteiger partial charge in [0.15, 0.2) is 0 Å². The summed E-state index contributed by atoms with van der Waals surface area (Å²) in [7, 11) is 0. The molecule has 1 unspecified atom stereocenters. The molecule has 0 aliphatic carbocycles. The van der Waals surface area contributed by atoms with E-state index < -0.39 is 0 Å². The Labute approximate surface area is 124 Å². The molecule has 0 radical (unpaired) electrons. The van der Waals surface area contributed by atoms with Crippen LogP contribution < -0.4 is 10.1 Å². The predicted molar refractivity (Wildman–Crippen MR) is 87.3 cm³/mol. The molecule has 20 heavy (non-hydrogen) atoms. The van der Waals surface area contributed by atoms with Crippen LogP contribution in [0.4, 0.5) is 0 Å².